The Morgan fingerprint density at radius 2 is 2.21 bits per heavy atom. The van der Waals surface area contributed by atoms with E-state index in [1.165, 1.54) is 12.8 Å². The van der Waals surface area contributed by atoms with E-state index in [1.54, 1.807) is 12.1 Å². The number of aromatic carboxylic acids is 1. The third kappa shape index (κ3) is 2.47. The van der Waals surface area contributed by atoms with Crippen LogP contribution < -0.4 is 5.32 Å². The third-order valence-corrected chi connectivity index (χ3v) is 4.51. The minimum atomic E-state index is -0.989. The molecule has 0 saturated heterocycles. The van der Waals surface area contributed by atoms with Gasteiger partial charge in [0, 0.05) is 12.2 Å². The summed E-state index contributed by atoms with van der Waals surface area (Å²) in [7, 11) is 0. The van der Waals surface area contributed by atoms with E-state index in [-0.39, 0.29) is 10.6 Å². The second-order valence-electron chi connectivity index (χ2n) is 5.42. The Morgan fingerprint density at radius 3 is 2.84 bits per heavy atom. The zero-order chi connectivity index (χ0) is 13.4. The number of carboxylic acid groups (broad SMARTS) is 1. The van der Waals surface area contributed by atoms with Crippen LogP contribution in [0.1, 0.15) is 23.2 Å². The molecular formula is C15H16ClNO2. The number of anilines is 1. The molecule has 1 aromatic carbocycles. The molecule has 2 aliphatic rings. The van der Waals surface area contributed by atoms with Crippen molar-refractivity contribution in [2.24, 2.45) is 17.8 Å². The number of carbonyl (C=O) groups is 1. The fourth-order valence-corrected chi connectivity index (χ4v) is 3.38. The first-order valence-corrected chi connectivity index (χ1v) is 6.96. The monoisotopic (exact) mass is 277 g/mol. The fourth-order valence-electron chi connectivity index (χ4n) is 3.18. The van der Waals surface area contributed by atoms with E-state index in [0.717, 1.165) is 18.2 Å². The van der Waals surface area contributed by atoms with Gasteiger partial charge in [-0.2, -0.15) is 0 Å². The Hall–Kier alpha value is -1.48. The average Bonchev–Trinajstić information content (AvgIpc) is 2.99. The molecule has 1 aromatic rings. The van der Waals surface area contributed by atoms with Crippen LogP contribution in [0.5, 0.6) is 0 Å². The highest BCUT2D eigenvalue weighted by Gasteiger charge is 2.35. The molecule has 2 aliphatic carbocycles. The van der Waals surface area contributed by atoms with Crippen molar-refractivity contribution in [2.45, 2.75) is 12.8 Å². The molecule has 0 radical (unpaired) electrons. The lowest BCUT2D eigenvalue weighted by atomic mass is 9.93. The molecule has 3 unspecified atom stereocenters. The van der Waals surface area contributed by atoms with Crippen LogP contribution in [0.3, 0.4) is 0 Å². The lowest BCUT2D eigenvalue weighted by Crippen LogP contribution is -2.18. The van der Waals surface area contributed by atoms with Gasteiger partial charge in [0.05, 0.1) is 10.6 Å². The first-order chi connectivity index (χ1) is 9.13. The Balaban J connectivity index is 1.66. The van der Waals surface area contributed by atoms with Crippen molar-refractivity contribution in [1.29, 1.82) is 0 Å². The number of carboxylic acids is 1. The summed E-state index contributed by atoms with van der Waals surface area (Å²) in [6.45, 7) is 0.895. The van der Waals surface area contributed by atoms with Gasteiger partial charge in [0.2, 0.25) is 0 Å². The number of allylic oxidation sites excluding steroid dienone is 2. The summed E-state index contributed by atoms with van der Waals surface area (Å²) in [5, 5.41) is 12.7. The molecule has 1 saturated carbocycles. The number of hydrogen-bond donors (Lipinski definition) is 2. The molecule has 0 aliphatic heterocycles. The molecule has 3 nitrogen and oxygen atoms in total. The molecular weight excluding hydrogens is 262 g/mol. The molecule has 0 heterocycles. The summed E-state index contributed by atoms with van der Waals surface area (Å²) >= 11 is 5.85. The van der Waals surface area contributed by atoms with Crippen LogP contribution in [0.4, 0.5) is 5.69 Å². The predicted molar refractivity (Wildman–Crippen MR) is 75.7 cm³/mol. The standard InChI is InChI=1S/C15H16ClNO2/c16-14-4-3-12(7-13(14)15(18)19)17-8-11-6-9-1-2-10(11)5-9/h1-4,7,9-11,17H,5-6,8H2,(H,18,19). The average molecular weight is 278 g/mol. The van der Waals surface area contributed by atoms with Crippen molar-refractivity contribution in [1.82, 2.24) is 0 Å². The van der Waals surface area contributed by atoms with Crippen LogP contribution in [0.15, 0.2) is 30.4 Å². The van der Waals surface area contributed by atoms with Gasteiger partial charge < -0.3 is 10.4 Å². The van der Waals surface area contributed by atoms with Gasteiger partial charge in [-0.3, -0.25) is 0 Å². The lowest BCUT2D eigenvalue weighted by Gasteiger charge is -2.19. The summed E-state index contributed by atoms with van der Waals surface area (Å²) in [5.41, 5.74) is 0.980. The topological polar surface area (TPSA) is 49.3 Å². The Labute approximate surface area is 117 Å². The SMILES string of the molecule is O=C(O)c1cc(NCC2CC3C=CC2C3)ccc1Cl. The van der Waals surface area contributed by atoms with Gasteiger partial charge in [-0.15, -0.1) is 0 Å². The molecule has 0 aromatic heterocycles. The number of rotatable bonds is 4. The number of fused-ring (bicyclic) bond motifs is 2. The van der Waals surface area contributed by atoms with Gasteiger partial charge in [0.25, 0.3) is 0 Å². The van der Waals surface area contributed by atoms with E-state index in [4.69, 9.17) is 16.7 Å². The maximum Gasteiger partial charge on any atom is 0.337 e. The number of benzene rings is 1. The fraction of sp³-hybridized carbons (Fsp3) is 0.400. The molecule has 1 fully saturated rings. The van der Waals surface area contributed by atoms with Crippen LogP contribution in [-0.2, 0) is 0 Å². The second-order valence-corrected chi connectivity index (χ2v) is 5.83. The highest BCUT2D eigenvalue weighted by atomic mass is 35.5. The van der Waals surface area contributed by atoms with E-state index < -0.39 is 5.97 Å². The van der Waals surface area contributed by atoms with Crippen molar-refractivity contribution in [3.63, 3.8) is 0 Å². The Morgan fingerprint density at radius 1 is 1.37 bits per heavy atom. The van der Waals surface area contributed by atoms with E-state index in [0.29, 0.717) is 11.8 Å². The van der Waals surface area contributed by atoms with Crippen LogP contribution in [0.2, 0.25) is 5.02 Å². The molecule has 3 atom stereocenters. The van der Waals surface area contributed by atoms with Crippen molar-refractivity contribution >= 4 is 23.3 Å². The molecule has 0 amide bonds. The quantitative estimate of drug-likeness (QED) is 0.826. The van der Waals surface area contributed by atoms with Gasteiger partial charge in [0.15, 0.2) is 0 Å². The van der Waals surface area contributed by atoms with E-state index >= 15 is 0 Å². The number of hydrogen-bond acceptors (Lipinski definition) is 2. The normalized spacial score (nSPS) is 27.7. The highest BCUT2D eigenvalue weighted by molar-refractivity contribution is 6.33. The number of halogens is 1. The van der Waals surface area contributed by atoms with E-state index in [9.17, 15) is 4.79 Å². The first kappa shape index (κ1) is 12.5. The zero-order valence-electron chi connectivity index (χ0n) is 10.5. The summed E-state index contributed by atoms with van der Waals surface area (Å²) in [6.07, 6.45) is 7.18. The largest absolute Gasteiger partial charge is 0.478 e. The van der Waals surface area contributed by atoms with Crippen molar-refractivity contribution in [3.8, 4) is 0 Å². The van der Waals surface area contributed by atoms with Crippen LogP contribution in [0.25, 0.3) is 0 Å². The maximum absolute atomic E-state index is 11.0. The molecule has 4 heteroatoms. The molecule has 100 valence electrons. The summed E-state index contributed by atoms with van der Waals surface area (Å²) in [5.74, 6) is 1.14. The van der Waals surface area contributed by atoms with Gasteiger partial charge in [-0.25, -0.2) is 4.79 Å². The van der Waals surface area contributed by atoms with Gasteiger partial charge >= 0.3 is 5.97 Å². The second kappa shape index (κ2) is 4.89. The van der Waals surface area contributed by atoms with Gasteiger partial charge in [0.1, 0.15) is 0 Å². The smallest absolute Gasteiger partial charge is 0.337 e. The minimum absolute atomic E-state index is 0.152. The van der Waals surface area contributed by atoms with Crippen LogP contribution >= 0.6 is 11.6 Å². The van der Waals surface area contributed by atoms with Crippen molar-refractivity contribution in [2.75, 3.05) is 11.9 Å². The van der Waals surface area contributed by atoms with Crippen LogP contribution in [0, 0.1) is 17.8 Å². The number of nitrogens with one attached hydrogen (secondary N) is 1. The lowest BCUT2D eigenvalue weighted by molar-refractivity contribution is 0.0697. The Kier molecular flexibility index (Phi) is 3.23. The predicted octanol–water partition coefficient (Wildman–Crippen LogP) is 3.66. The molecule has 2 N–H and O–H groups in total. The molecule has 0 spiro atoms. The molecule has 3 rings (SSSR count). The zero-order valence-corrected chi connectivity index (χ0v) is 11.2. The van der Waals surface area contributed by atoms with Gasteiger partial charge in [-0.1, -0.05) is 23.8 Å². The summed E-state index contributed by atoms with van der Waals surface area (Å²) in [6, 6.07) is 5.07. The van der Waals surface area contributed by atoms with E-state index in [2.05, 4.69) is 17.5 Å². The first-order valence-electron chi connectivity index (χ1n) is 6.58. The third-order valence-electron chi connectivity index (χ3n) is 4.18. The molecule has 19 heavy (non-hydrogen) atoms. The molecule has 2 bridgehead atoms. The van der Waals surface area contributed by atoms with Crippen LogP contribution in [-0.4, -0.2) is 17.6 Å². The van der Waals surface area contributed by atoms with Crippen molar-refractivity contribution < 1.29 is 9.90 Å². The van der Waals surface area contributed by atoms with Crippen molar-refractivity contribution in [3.05, 3.63) is 40.9 Å². The summed E-state index contributed by atoms with van der Waals surface area (Å²) in [4.78, 5) is 11.0. The minimum Gasteiger partial charge on any atom is -0.478 e. The highest BCUT2D eigenvalue weighted by Crippen LogP contribution is 2.43. The van der Waals surface area contributed by atoms with E-state index in [1.807, 2.05) is 6.07 Å². The Bertz CT molecular complexity index is 541. The summed E-state index contributed by atoms with van der Waals surface area (Å²) < 4.78 is 0. The maximum atomic E-state index is 11.0. The van der Waals surface area contributed by atoms with Gasteiger partial charge in [-0.05, 0) is 48.8 Å².